The monoisotopic (exact) mass is 505 g/mol. The lowest BCUT2D eigenvalue weighted by Crippen LogP contribution is -2.48. The topological polar surface area (TPSA) is 97.5 Å². The predicted molar refractivity (Wildman–Crippen MR) is 140 cm³/mol. The van der Waals surface area contributed by atoms with Gasteiger partial charge in [0.05, 0.1) is 12.4 Å². The molecule has 3 amide bonds. The van der Waals surface area contributed by atoms with Gasteiger partial charge in [-0.2, -0.15) is 5.10 Å². The zero-order chi connectivity index (χ0) is 24.9. The van der Waals surface area contributed by atoms with Gasteiger partial charge in [0.15, 0.2) is 5.13 Å². The van der Waals surface area contributed by atoms with Crippen molar-refractivity contribution in [3.05, 3.63) is 58.4 Å². The number of piperidine rings is 1. The number of rotatable bonds is 3. The number of nitrogens with one attached hydrogen (secondary N) is 2. The maximum absolute atomic E-state index is 13.3. The number of carbonyl (C=O) groups excluding carboxylic acids is 2. The molecule has 1 aromatic carbocycles. The third-order valence-corrected chi connectivity index (χ3v) is 8.70. The summed E-state index contributed by atoms with van der Waals surface area (Å²) in [5, 5.41) is 11.2. The summed E-state index contributed by atoms with van der Waals surface area (Å²) in [5.41, 5.74) is 4.12. The highest BCUT2D eigenvalue weighted by molar-refractivity contribution is 7.17. The standard InChI is InChI=1S/C26H31N7O2S/c1-26(2)16-32(15-18-13-28-30-22(18)26)23(34)21-14-27-25(36-21)31-10-8-19(9-11-31)33-12-7-17-5-3-4-6-20(17)29-24(33)35/h3-6,13-14,19H,7-12,15-16H2,1-2H3,(H,28,30)(H,29,35). The molecular weight excluding hydrogens is 474 g/mol. The van der Waals surface area contributed by atoms with Crippen LogP contribution in [0.25, 0.3) is 0 Å². The first-order chi connectivity index (χ1) is 17.4. The molecule has 2 aromatic heterocycles. The van der Waals surface area contributed by atoms with Crippen molar-refractivity contribution >= 4 is 34.1 Å². The predicted octanol–water partition coefficient (Wildman–Crippen LogP) is 3.86. The van der Waals surface area contributed by atoms with Crippen LogP contribution in [0.5, 0.6) is 0 Å². The zero-order valence-electron chi connectivity index (χ0n) is 20.7. The number of thiazole rings is 1. The zero-order valence-corrected chi connectivity index (χ0v) is 21.5. The van der Waals surface area contributed by atoms with E-state index in [2.05, 4.69) is 45.3 Å². The Morgan fingerprint density at radius 2 is 1.92 bits per heavy atom. The van der Waals surface area contributed by atoms with Crippen LogP contribution >= 0.6 is 11.3 Å². The van der Waals surface area contributed by atoms with Gasteiger partial charge in [-0.3, -0.25) is 9.89 Å². The Morgan fingerprint density at radius 1 is 1.11 bits per heavy atom. The molecule has 5 heterocycles. The molecule has 0 spiro atoms. The van der Waals surface area contributed by atoms with Gasteiger partial charge in [-0.05, 0) is 30.9 Å². The number of para-hydroxylation sites is 1. The molecule has 0 unspecified atom stereocenters. The number of hydrogen-bond acceptors (Lipinski definition) is 6. The van der Waals surface area contributed by atoms with Crippen LogP contribution in [0.1, 0.15) is 53.2 Å². The van der Waals surface area contributed by atoms with Crippen molar-refractivity contribution < 1.29 is 9.59 Å². The molecule has 3 aliphatic heterocycles. The van der Waals surface area contributed by atoms with Crippen molar-refractivity contribution in [3.8, 4) is 0 Å². The van der Waals surface area contributed by atoms with Crippen LogP contribution in [0.3, 0.4) is 0 Å². The van der Waals surface area contributed by atoms with Gasteiger partial charge in [-0.15, -0.1) is 0 Å². The second-order valence-corrected chi connectivity index (χ2v) is 11.6. The van der Waals surface area contributed by atoms with Gasteiger partial charge >= 0.3 is 6.03 Å². The average molecular weight is 506 g/mol. The minimum absolute atomic E-state index is 0.00855. The first kappa shape index (κ1) is 23.0. The number of amides is 3. The number of H-pyrrole nitrogens is 1. The number of aromatic nitrogens is 3. The van der Waals surface area contributed by atoms with E-state index >= 15 is 0 Å². The Kier molecular flexibility index (Phi) is 5.70. The number of urea groups is 1. The van der Waals surface area contributed by atoms with E-state index in [1.807, 2.05) is 34.2 Å². The van der Waals surface area contributed by atoms with Gasteiger partial charge in [0.2, 0.25) is 0 Å². The van der Waals surface area contributed by atoms with Crippen LogP contribution in [0, 0.1) is 0 Å². The highest BCUT2D eigenvalue weighted by Gasteiger charge is 2.37. The average Bonchev–Trinajstić information content (AvgIpc) is 3.52. The molecule has 188 valence electrons. The Balaban J connectivity index is 1.08. The molecule has 36 heavy (non-hydrogen) atoms. The van der Waals surface area contributed by atoms with Crippen LogP contribution < -0.4 is 10.2 Å². The van der Waals surface area contributed by atoms with E-state index in [-0.39, 0.29) is 23.4 Å². The minimum Gasteiger partial charge on any atom is -0.348 e. The Bertz CT molecular complexity index is 1290. The second kappa shape index (κ2) is 8.92. The lowest BCUT2D eigenvalue weighted by Gasteiger charge is -2.38. The maximum atomic E-state index is 13.3. The van der Waals surface area contributed by atoms with E-state index < -0.39 is 0 Å². The Hall–Kier alpha value is -3.40. The molecule has 10 heteroatoms. The summed E-state index contributed by atoms with van der Waals surface area (Å²) in [4.78, 5) is 37.7. The minimum atomic E-state index is -0.170. The molecule has 2 N–H and O–H groups in total. The molecule has 0 aliphatic carbocycles. The third-order valence-electron chi connectivity index (χ3n) is 7.65. The summed E-state index contributed by atoms with van der Waals surface area (Å²) in [7, 11) is 0. The van der Waals surface area contributed by atoms with Crippen LogP contribution in [0.15, 0.2) is 36.7 Å². The quantitative estimate of drug-likeness (QED) is 0.563. The van der Waals surface area contributed by atoms with Gasteiger partial charge in [0.25, 0.3) is 5.91 Å². The molecule has 6 rings (SSSR count). The number of nitrogens with zero attached hydrogens (tertiary/aromatic N) is 5. The van der Waals surface area contributed by atoms with Crippen LogP contribution in [0.2, 0.25) is 0 Å². The molecular formula is C26H31N7O2S. The first-order valence-electron chi connectivity index (χ1n) is 12.6. The summed E-state index contributed by atoms with van der Waals surface area (Å²) < 4.78 is 0. The molecule has 3 aliphatic rings. The van der Waals surface area contributed by atoms with Gasteiger partial charge in [-0.25, -0.2) is 9.78 Å². The van der Waals surface area contributed by atoms with Gasteiger partial charge in [0, 0.05) is 61.1 Å². The fourth-order valence-electron chi connectivity index (χ4n) is 5.75. The fourth-order valence-corrected chi connectivity index (χ4v) is 6.69. The van der Waals surface area contributed by atoms with Crippen molar-refractivity contribution in [2.45, 2.75) is 51.1 Å². The number of benzene rings is 1. The highest BCUT2D eigenvalue weighted by Crippen LogP contribution is 2.34. The van der Waals surface area contributed by atoms with Crippen LogP contribution in [0.4, 0.5) is 15.6 Å². The molecule has 0 bridgehead atoms. The number of hydrogen-bond donors (Lipinski definition) is 2. The maximum Gasteiger partial charge on any atom is 0.322 e. The highest BCUT2D eigenvalue weighted by atomic mass is 32.1. The van der Waals surface area contributed by atoms with E-state index in [0.29, 0.717) is 18.0 Å². The van der Waals surface area contributed by atoms with E-state index in [1.54, 1.807) is 6.20 Å². The summed E-state index contributed by atoms with van der Waals surface area (Å²) in [5.74, 6) is 0.0226. The Labute approximate surface area is 214 Å². The van der Waals surface area contributed by atoms with Gasteiger partial charge in [0.1, 0.15) is 4.88 Å². The molecule has 1 fully saturated rings. The van der Waals surface area contributed by atoms with E-state index in [4.69, 9.17) is 0 Å². The van der Waals surface area contributed by atoms with Gasteiger partial charge in [-0.1, -0.05) is 43.4 Å². The first-order valence-corrected chi connectivity index (χ1v) is 13.4. The van der Waals surface area contributed by atoms with Crippen molar-refractivity contribution in [1.29, 1.82) is 0 Å². The van der Waals surface area contributed by atoms with Crippen molar-refractivity contribution in [1.82, 2.24) is 25.0 Å². The largest absolute Gasteiger partial charge is 0.348 e. The molecule has 0 saturated carbocycles. The van der Waals surface area contributed by atoms with Crippen molar-refractivity contribution in [2.24, 2.45) is 0 Å². The van der Waals surface area contributed by atoms with E-state index in [9.17, 15) is 9.59 Å². The Morgan fingerprint density at radius 3 is 2.75 bits per heavy atom. The summed E-state index contributed by atoms with van der Waals surface area (Å²) >= 11 is 1.46. The number of fused-ring (bicyclic) bond motifs is 2. The second-order valence-electron chi connectivity index (χ2n) is 10.6. The van der Waals surface area contributed by atoms with Crippen LogP contribution in [-0.4, -0.2) is 69.1 Å². The lowest BCUT2D eigenvalue weighted by atomic mass is 9.83. The van der Waals surface area contributed by atoms with Crippen LogP contribution in [-0.2, 0) is 18.4 Å². The number of aromatic amines is 1. The smallest absolute Gasteiger partial charge is 0.322 e. The summed E-state index contributed by atoms with van der Waals surface area (Å²) in [6.45, 7) is 7.84. The fraction of sp³-hybridized carbons (Fsp3) is 0.462. The normalized spacial score (nSPS) is 19.9. The molecule has 3 aromatic rings. The SMILES string of the molecule is CC1(C)CN(C(=O)c2cnc(N3CCC(N4CCc5ccccc5NC4=O)CC3)s2)Cc2cn[nH]c21. The van der Waals surface area contributed by atoms with Gasteiger partial charge < -0.3 is 20.0 Å². The molecule has 0 atom stereocenters. The van der Waals surface area contributed by atoms with E-state index in [1.165, 1.54) is 16.9 Å². The van der Waals surface area contributed by atoms with E-state index in [0.717, 1.165) is 61.0 Å². The van der Waals surface area contributed by atoms with Crippen molar-refractivity contribution in [2.75, 3.05) is 36.4 Å². The molecule has 0 radical (unpaired) electrons. The number of anilines is 2. The third kappa shape index (κ3) is 4.13. The van der Waals surface area contributed by atoms with Crippen molar-refractivity contribution in [3.63, 3.8) is 0 Å². The number of carbonyl (C=O) groups is 2. The molecule has 1 saturated heterocycles. The molecule has 9 nitrogen and oxygen atoms in total. The summed E-state index contributed by atoms with van der Waals surface area (Å²) in [6, 6.07) is 8.23. The summed E-state index contributed by atoms with van der Waals surface area (Å²) in [6.07, 6.45) is 6.17. The lowest BCUT2D eigenvalue weighted by molar-refractivity contribution is 0.0689.